The average molecular weight is 187 g/mol. The summed E-state index contributed by atoms with van der Waals surface area (Å²) in [5.74, 6) is 0.865. The molecule has 0 fully saturated rings. The number of hydrogen-bond acceptors (Lipinski definition) is 1. The summed E-state index contributed by atoms with van der Waals surface area (Å²) < 4.78 is 1.68. The summed E-state index contributed by atoms with van der Waals surface area (Å²) in [5, 5.41) is 0. The molecule has 0 aliphatic heterocycles. The van der Waals surface area contributed by atoms with Crippen molar-refractivity contribution in [2.75, 3.05) is 0 Å². The van der Waals surface area contributed by atoms with Crippen molar-refractivity contribution in [3.05, 3.63) is 53.9 Å². The maximum atomic E-state index is 5.57. The number of benzene rings is 1. The summed E-state index contributed by atoms with van der Waals surface area (Å²) in [6.45, 7) is 4.17. The molecule has 14 heavy (non-hydrogen) atoms. The summed E-state index contributed by atoms with van der Waals surface area (Å²) >= 11 is 0. The molecule has 0 N–H and O–H groups in total. The molecule has 0 saturated heterocycles. The number of aromatic nitrogens is 1. The molecule has 0 aliphatic carbocycles. The van der Waals surface area contributed by atoms with Gasteiger partial charge in [0.05, 0.1) is 0 Å². The molecule has 2 heteroatoms. The van der Waals surface area contributed by atoms with Crippen LogP contribution in [0.1, 0.15) is 11.1 Å². The van der Waals surface area contributed by atoms with Crippen molar-refractivity contribution < 1.29 is 4.84 Å². The van der Waals surface area contributed by atoms with Gasteiger partial charge in [-0.15, -0.1) is 0 Å². The molecule has 2 nitrogen and oxygen atoms in total. The van der Waals surface area contributed by atoms with Crippen molar-refractivity contribution in [1.82, 2.24) is 4.73 Å². The third kappa shape index (κ3) is 1.79. The first-order valence-electron chi connectivity index (χ1n) is 4.64. The van der Waals surface area contributed by atoms with E-state index >= 15 is 0 Å². The lowest BCUT2D eigenvalue weighted by Crippen LogP contribution is -2.01. The summed E-state index contributed by atoms with van der Waals surface area (Å²) in [7, 11) is 0. The van der Waals surface area contributed by atoms with Crippen molar-refractivity contribution in [3.8, 4) is 5.75 Å². The fraction of sp³-hybridized carbons (Fsp3) is 0.167. The Hall–Kier alpha value is -1.70. The third-order valence-corrected chi connectivity index (χ3v) is 2.27. The van der Waals surface area contributed by atoms with Crippen LogP contribution in [0.5, 0.6) is 5.75 Å². The molecular formula is C12H13NO. The Morgan fingerprint density at radius 3 is 2.36 bits per heavy atom. The maximum absolute atomic E-state index is 5.57. The van der Waals surface area contributed by atoms with E-state index in [1.807, 2.05) is 36.7 Å². The SMILES string of the molecule is Cc1ccc(On2cccc2)cc1C. The molecule has 1 aromatic carbocycles. The monoisotopic (exact) mass is 187 g/mol. The predicted octanol–water partition coefficient (Wildman–Crippen LogP) is 2.95. The minimum atomic E-state index is 0.865. The van der Waals surface area contributed by atoms with Crippen LogP contribution in [0, 0.1) is 13.8 Å². The van der Waals surface area contributed by atoms with Gasteiger partial charge in [0.2, 0.25) is 0 Å². The Labute approximate surface area is 83.7 Å². The Bertz CT molecular complexity index is 418. The van der Waals surface area contributed by atoms with Crippen LogP contribution >= 0.6 is 0 Å². The highest BCUT2D eigenvalue weighted by Gasteiger charge is 1.97. The van der Waals surface area contributed by atoms with E-state index in [9.17, 15) is 0 Å². The second-order valence-corrected chi connectivity index (χ2v) is 3.38. The van der Waals surface area contributed by atoms with E-state index < -0.39 is 0 Å². The van der Waals surface area contributed by atoms with Crippen molar-refractivity contribution >= 4 is 0 Å². The topological polar surface area (TPSA) is 14.2 Å². The lowest BCUT2D eigenvalue weighted by atomic mass is 10.1. The summed E-state index contributed by atoms with van der Waals surface area (Å²) in [5.41, 5.74) is 2.53. The van der Waals surface area contributed by atoms with Crippen LogP contribution < -0.4 is 4.84 Å². The third-order valence-electron chi connectivity index (χ3n) is 2.27. The first kappa shape index (κ1) is 8.88. The number of nitrogens with zero attached hydrogens (tertiary/aromatic N) is 1. The first-order chi connectivity index (χ1) is 6.75. The molecule has 0 amide bonds. The summed E-state index contributed by atoms with van der Waals surface area (Å²) in [4.78, 5) is 5.57. The van der Waals surface area contributed by atoms with Crippen molar-refractivity contribution in [2.24, 2.45) is 0 Å². The van der Waals surface area contributed by atoms with Crippen LogP contribution in [0.4, 0.5) is 0 Å². The van der Waals surface area contributed by atoms with E-state index in [0.717, 1.165) is 5.75 Å². The van der Waals surface area contributed by atoms with Crippen LogP contribution in [-0.4, -0.2) is 4.73 Å². The Kier molecular flexibility index (Phi) is 2.27. The molecule has 1 aromatic heterocycles. The lowest BCUT2D eigenvalue weighted by Gasteiger charge is -2.07. The predicted molar refractivity (Wildman–Crippen MR) is 56.4 cm³/mol. The van der Waals surface area contributed by atoms with E-state index in [1.54, 1.807) is 4.73 Å². The average Bonchev–Trinajstić information content (AvgIpc) is 2.64. The van der Waals surface area contributed by atoms with Crippen molar-refractivity contribution in [1.29, 1.82) is 0 Å². The minimum absolute atomic E-state index is 0.865. The van der Waals surface area contributed by atoms with E-state index in [2.05, 4.69) is 19.9 Å². The highest BCUT2D eigenvalue weighted by Crippen LogP contribution is 2.16. The van der Waals surface area contributed by atoms with Gasteiger partial charge in [-0.2, -0.15) is 4.73 Å². The van der Waals surface area contributed by atoms with Gasteiger partial charge in [-0.3, -0.25) is 0 Å². The molecule has 1 heterocycles. The van der Waals surface area contributed by atoms with Gasteiger partial charge in [0.15, 0.2) is 5.75 Å². The molecule has 0 saturated carbocycles. The molecule has 0 aliphatic rings. The molecule has 2 rings (SSSR count). The molecule has 0 unspecified atom stereocenters. The van der Waals surface area contributed by atoms with Crippen LogP contribution in [0.15, 0.2) is 42.7 Å². The van der Waals surface area contributed by atoms with E-state index in [0.29, 0.717) is 0 Å². The van der Waals surface area contributed by atoms with Gasteiger partial charge >= 0.3 is 0 Å². The van der Waals surface area contributed by atoms with Gasteiger partial charge < -0.3 is 4.84 Å². The summed E-state index contributed by atoms with van der Waals surface area (Å²) in [6, 6.07) is 9.94. The van der Waals surface area contributed by atoms with E-state index in [1.165, 1.54) is 11.1 Å². The van der Waals surface area contributed by atoms with Gasteiger partial charge in [0.25, 0.3) is 0 Å². The Balaban J connectivity index is 2.22. The Morgan fingerprint density at radius 2 is 1.71 bits per heavy atom. The van der Waals surface area contributed by atoms with Crippen LogP contribution in [0.3, 0.4) is 0 Å². The number of hydrogen-bond donors (Lipinski definition) is 0. The van der Waals surface area contributed by atoms with Gasteiger partial charge in [-0.05, 0) is 49.2 Å². The number of rotatable bonds is 2. The normalized spacial score (nSPS) is 10.1. The zero-order valence-corrected chi connectivity index (χ0v) is 8.40. The second-order valence-electron chi connectivity index (χ2n) is 3.38. The summed E-state index contributed by atoms with van der Waals surface area (Å²) in [6.07, 6.45) is 3.74. The molecule has 0 spiro atoms. The fourth-order valence-corrected chi connectivity index (χ4v) is 1.27. The van der Waals surface area contributed by atoms with E-state index in [4.69, 9.17) is 4.84 Å². The van der Waals surface area contributed by atoms with Gasteiger partial charge in [-0.25, -0.2) is 0 Å². The molecule has 0 radical (unpaired) electrons. The zero-order chi connectivity index (χ0) is 9.97. The number of aryl methyl sites for hydroxylation is 2. The molecule has 2 aromatic rings. The van der Waals surface area contributed by atoms with Gasteiger partial charge in [0, 0.05) is 12.4 Å². The smallest absolute Gasteiger partial charge is 0.156 e. The zero-order valence-electron chi connectivity index (χ0n) is 8.40. The highest BCUT2D eigenvalue weighted by atomic mass is 16.7. The Morgan fingerprint density at radius 1 is 1.00 bits per heavy atom. The second kappa shape index (κ2) is 3.58. The van der Waals surface area contributed by atoms with Crippen LogP contribution in [0.2, 0.25) is 0 Å². The quantitative estimate of drug-likeness (QED) is 0.705. The van der Waals surface area contributed by atoms with Crippen LogP contribution in [-0.2, 0) is 0 Å². The van der Waals surface area contributed by atoms with Crippen LogP contribution in [0.25, 0.3) is 0 Å². The molecule has 0 atom stereocenters. The highest BCUT2D eigenvalue weighted by molar-refractivity contribution is 5.33. The first-order valence-corrected chi connectivity index (χ1v) is 4.64. The molecular weight excluding hydrogens is 174 g/mol. The van der Waals surface area contributed by atoms with Crippen molar-refractivity contribution in [2.45, 2.75) is 13.8 Å². The van der Waals surface area contributed by atoms with Crippen molar-refractivity contribution in [3.63, 3.8) is 0 Å². The molecule has 0 bridgehead atoms. The van der Waals surface area contributed by atoms with Gasteiger partial charge in [0.1, 0.15) is 0 Å². The minimum Gasteiger partial charge on any atom is -0.376 e. The standard InChI is InChI=1S/C12H13NO/c1-10-5-6-12(9-11(10)2)14-13-7-3-4-8-13/h3-9H,1-2H3. The maximum Gasteiger partial charge on any atom is 0.156 e. The lowest BCUT2D eigenvalue weighted by molar-refractivity contribution is 0.217. The van der Waals surface area contributed by atoms with E-state index in [-0.39, 0.29) is 0 Å². The molecule has 72 valence electrons. The fourth-order valence-electron chi connectivity index (χ4n) is 1.27. The largest absolute Gasteiger partial charge is 0.376 e. The van der Waals surface area contributed by atoms with Gasteiger partial charge in [-0.1, -0.05) is 6.07 Å².